The Hall–Kier alpha value is -0.0331. The molecule has 0 spiro atoms. The molecule has 0 radical (unpaired) electrons. The molecule has 1 aliphatic carbocycles. The van der Waals surface area contributed by atoms with E-state index >= 15 is 0 Å². The second-order valence-corrected chi connectivity index (χ2v) is 11.6. The van der Waals surface area contributed by atoms with E-state index in [9.17, 15) is 0 Å². The number of ether oxygens (including phenoxy) is 1. The van der Waals surface area contributed by atoms with Gasteiger partial charge in [-0.25, -0.2) is 0 Å². The number of halogens is 1. The molecule has 0 heterocycles. The largest absolute Gasteiger partial charge is 0.493 e. The van der Waals surface area contributed by atoms with Gasteiger partial charge >= 0.3 is 0 Å². The summed E-state index contributed by atoms with van der Waals surface area (Å²) in [6.45, 7) is 5.54. The highest BCUT2D eigenvalue weighted by Crippen LogP contribution is 2.39. The van der Waals surface area contributed by atoms with Crippen LogP contribution in [0.4, 0.5) is 0 Å². The van der Waals surface area contributed by atoms with E-state index in [-0.39, 0.29) is 7.02 Å². The Balaban J connectivity index is 2.18. The van der Waals surface area contributed by atoms with Crippen molar-refractivity contribution in [2.45, 2.75) is 89.5 Å². The Morgan fingerprint density at radius 2 is 2.00 bits per heavy atom. The first kappa shape index (κ1) is 20.3. The highest BCUT2D eigenvalue weighted by molar-refractivity contribution is 14.1. The Morgan fingerprint density at radius 3 is 2.67 bits per heavy atom. The average molecular weight is 459 g/mol. The smallest absolute Gasteiger partial charge is 0.122 e. The third-order valence-electron chi connectivity index (χ3n) is 5.47. The number of benzene rings is 1. The quantitative estimate of drug-likeness (QED) is 0.163. The fourth-order valence-corrected chi connectivity index (χ4v) is 6.03. The van der Waals surface area contributed by atoms with Crippen molar-refractivity contribution in [1.29, 1.82) is 0 Å². The van der Waals surface area contributed by atoms with Crippen LogP contribution in [0.3, 0.4) is 0 Å². The number of hydrogen-bond donors (Lipinski definition) is 0. The second kappa shape index (κ2) is 11.6. The highest BCUT2D eigenvalue weighted by atomic mass is 127. The lowest BCUT2D eigenvalue weighted by atomic mass is 9.81. The van der Waals surface area contributed by atoms with E-state index in [0.717, 1.165) is 18.4 Å². The van der Waals surface area contributed by atoms with Crippen molar-refractivity contribution in [3.8, 4) is 5.75 Å². The Kier molecular flexibility index (Phi) is 9.77. The van der Waals surface area contributed by atoms with Gasteiger partial charge in [0.05, 0.1) is 13.6 Å². The summed E-state index contributed by atoms with van der Waals surface area (Å²) in [6, 6.07) is 8.55. The molecular weight excluding hydrogens is 423 g/mol. The van der Waals surface area contributed by atoms with E-state index in [0.29, 0.717) is 0 Å². The summed E-state index contributed by atoms with van der Waals surface area (Å²) in [5.41, 5.74) is 3.07. The van der Waals surface area contributed by atoms with Crippen LogP contribution in [0.5, 0.6) is 5.75 Å². The summed E-state index contributed by atoms with van der Waals surface area (Å²) in [5.74, 6) is 2.63. The standard InChI is InChI=1S/C21H35IOSi/c1-3-9-17(4-2)19-12-13-21(23-14-8-15-24-22)20(16-19)18-10-6-5-7-11-18/h12-13,16-18H,3-11,14-15,24H2,1-2H3. The lowest BCUT2D eigenvalue weighted by Gasteiger charge is -2.26. The van der Waals surface area contributed by atoms with Gasteiger partial charge in [0.2, 0.25) is 0 Å². The number of rotatable bonds is 10. The molecule has 1 atom stereocenters. The van der Waals surface area contributed by atoms with Gasteiger partial charge < -0.3 is 4.74 Å². The molecule has 1 nitrogen and oxygen atoms in total. The zero-order valence-electron chi connectivity index (χ0n) is 15.7. The Bertz CT molecular complexity index is 471. The van der Waals surface area contributed by atoms with Crippen LogP contribution < -0.4 is 4.74 Å². The zero-order chi connectivity index (χ0) is 17.2. The first-order valence-electron chi connectivity index (χ1n) is 10.1. The topological polar surface area (TPSA) is 9.23 Å². The van der Waals surface area contributed by atoms with Crippen LogP contribution in [0.15, 0.2) is 18.2 Å². The molecule has 1 saturated carbocycles. The van der Waals surface area contributed by atoms with Gasteiger partial charge in [-0.2, -0.15) is 0 Å². The third-order valence-corrected chi connectivity index (χ3v) is 8.52. The molecule has 136 valence electrons. The fraction of sp³-hybridized carbons (Fsp3) is 0.714. The van der Waals surface area contributed by atoms with Gasteiger partial charge in [0, 0.05) is 0 Å². The van der Waals surface area contributed by atoms with Crippen LogP contribution in [0.1, 0.15) is 94.6 Å². The SMILES string of the molecule is CCCC(CC)c1ccc(OCCC[SiH2]I)c(C2CCCCC2)c1. The molecule has 0 aromatic heterocycles. The van der Waals surface area contributed by atoms with E-state index in [1.807, 2.05) is 0 Å². The zero-order valence-corrected chi connectivity index (χ0v) is 19.2. The van der Waals surface area contributed by atoms with Crippen molar-refractivity contribution >= 4 is 28.8 Å². The van der Waals surface area contributed by atoms with E-state index in [2.05, 4.69) is 53.8 Å². The van der Waals surface area contributed by atoms with E-state index in [1.54, 1.807) is 5.56 Å². The molecule has 3 heteroatoms. The van der Waals surface area contributed by atoms with Crippen LogP contribution in [0, 0.1) is 0 Å². The average Bonchev–Trinajstić information content (AvgIpc) is 2.64. The van der Waals surface area contributed by atoms with Gasteiger partial charge in [-0.15, -0.1) is 21.8 Å². The van der Waals surface area contributed by atoms with Gasteiger partial charge in [0.25, 0.3) is 0 Å². The van der Waals surface area contributed by atoms with Gasteiger partial charge in [-0.3, -0.25) is 0 Å². The van der Waals surface area contributed by atoms with Gasteiger partial charge in [0.15, 0.2) is 0 Å². The molecule has 0 aliphatic heterocycles. The summed E-state index contributed by atoms with van der Waals surface area (Å²) in [4.78, 5) is 0. The van der Waals surface area contributed by atoms with Crippen LogP contribution in [0.25, 0.3) is 0 Å². The molecule has 1 fully saturated rings. The van der Waals surface area contributed by atoms with E-state index in [1.165, 1.54) is 75.1 Å². The van der Waals surface area contributed by atoms with Crippen LogP contribution in [-0.2, 0) is 0 Å². The van der Waals surface area contributed by atoms with Gasteiger partial charge in [0.1, 0.15) is 5.75 Å². The second-order valence-electron chi connectivity index (χ2n) is 7.27. The first-order valence-corrected chi connectivity index (χ1v) is 16.2. The summed E-state index contributed by atoms with van der Waals surface area (Å²) in [7, 11) is 0.149. The molecule has 24 heavy (non-hydrogen) atoms. The number of hydrogen-bond acceptors (Lipinski definition) is 1. The molecule has 0 amide bonds. The Labute approximate surface area is 164 Å². The maximum atomic E-state index is 6.24. The highest BCUT2D eigenvalue weighted by Gasteiger charge is 2.21. The van der Waals surface area contributed by atoms with E-state index < -0.39 is 0 Å². The minimum atomic E-state index is 0.149. The maximum absolute atomic E-state index is 6.24. The normalized spacial score (nSPS) is 17.5. The molecule has 1 unspecified atom stereocenters. The van der Waals surface area contributed by atoms with Crippen molar-refractivity contribution in [3.63, 3.8) is 0 Å². The molecule has 0 N–H and O–H groups in total. The molecule has 1 aromatic carbocycles. The van der Waals surface area contributed by atoms with Crippen molar-refractivity contribution in [2.75, 3.05) is 6.61 Å². The van der Waals surface area contributed by atoms with Crippen LogP contribution in [-0.4, -0.2) is 13.6 Å². The minimum Gasteiger partial charge on any atom is -0.493 e. The summed E-state index contributed by atoms with van der Waals surface area (Å²) in [6.07, 6.45) is 12.0. The predicted octanol–water partition coefficient (Wildman–Crippen LogP) is 6.73. The first-order chi connectivity index (χ1) is 11.8. The monoisotopic (exact) mass is 458 g/mol. The minimum absolute atomic E-state index is 0.149. The van der Waals surface area contributed by atoms with Crippen molar-refractivity contribution in [3.05, 3.63) is 29.3 Å². The van der Waals surface area contributed by atoms with Crippen LogP contribution >= 0.6 is 21.8 Å². The molecule has 2 rings (SSSR count). The Morgan fingerprint density at radius 1 is 1.21 bits per heavy atom. The summed E-state index contributed by atoms with van der Waals surface area (Å²) in [5, 5.41) is 0. The van der Waals surface area contributed by atoms with Crippen LogP contribution in [0.2, 0.25) is 6.04 Å². The van der Waals surface area contributed by atoms with E-state index in [4.69, 9.17) is 4.74 Å². The van der Waals surface area contributed by atoms with Gasteiger partial charge in [-0.1, -0.05) is 57.7 Å². The third kappa shape index (κ3) is 6.05. The molecule has 0 bridgehead atoms. The lowest BCUT2D eigenvalue weighted by Crippen LogP contribution is -2.09. The molecule has 0 saturated heterocycles. The molecular formula is C21H35IOSi. The summed E-state index contributed by atoms with van der Waals surface area (Å²) >= 11 is 2.59. The van der Waals surface area contributed by atoms with Crippen molar-refractivity contribution in [2.24, 2.45) is 0 Å². The molecule has 1 aromatic rings. The predicted molar refractivity (Wildman–Crippen MR) is 118 cm³/mol. The van der Waals surface area contributed by atoms with Crippen molar-refractivity contribution < 1.29 is 4.74 Å². The van der Waals surface area contributed by atoms with Crippen molar-refractivity contribution in [1.82, 2.24) is 0 Å². The fourth-order valence-electron chi connectivity index (χ4n) is 4.02. The summed E-state index contributed by atoms with van der Waals surface area (Å²) < 4.78 is 6.24. The maximum Gasteiger partial charge on any atom is 0.122 e. The lowest BCUT2D eigenvalue weighted by molar-refractivity contribution is 0.307. The molecule has 1 aliphatic rings. The van der Waals surface area contributed by atoms with Gasteiger partial charge in [-0.05, 0) is 61.1 Å².